The lowest BCUT2D eigenvalue weighted by atomic mass is 10.0. The van der Waals surface area contributed by atoms with Gasteiger partial charge in [0.1, 0.15) is 18.4 Å². The predicted octanol–water partition coefficient (Wildman–Crippen LogP) is 5.59. The van der Waals surface area contributed by atoms with Crippen LogP contribution >= 0.6 is 0 Å². The zero-order valence-corrected chi connectivity index (χ0v) is 20.3. The molecule has 0 aromatic heterocycles. The largest absolute Gasteiger partial charge is 0.487 e. The van der Waals surface area contributed by atoms with Gasteiger partial charge >= 0.3 is 12.1 Å². The summed E-state index contributed by atoms with van der Waals surface area (Å²) in [7, 11) is 0. The Morgan fingerprint density at radius 3 is 2.38 bits per heavy atom. The van der Waals surface area contributed by atoms with E-state index in [2.05, 4.69) is 5.32 Å². The zero-order valence-electron chi connectivity index (χ0n) is 20.3. The predicted molar refractivity (Wildman–Crippen MR) is 135 cm³/mol. The van der Waals surface area contributed by atoms with Crippen molar-refractivity contribution < 1.29 is 42.1 Å². The molecular formula is C29H22F3NO6. The minimum atomic E-state index is -4.46. The van der Waals surface area contributed by atoms with Crippen LogP contribution in [0, 0.1) is 0 Å². The Hall–Kier alpha value is -4.73. The van der Waals surface area contributed by atoms with Gasteiger partial charge in [-0.15, -0.1) is 0 Å². The molecule has 4 aromatic rings. The van der Waals surface area contributed by atoms with Gasteiger partial charge in [-0.25, -0.2) is 4.79 Å². The Kier molecular flexibility index (Phi) is 7.02. The van der Waals surface area contributed by atoms with E-state index in [1.807, 2.05) is 12.1 Å². The molecule has 0 saturated carbocycles. The fourth-order valence-electron chi connectivity index (χ4n) is 4.26. The van der Waals surface area contributed by atoms with Crippen LogP contribution in [0.15, 0.2) is 78.9 Å². The summed E-state index contributed by atoms with van der Waals surface area (Å²) in [5, 5.41) is 13.7. The normalized spacial score (nSPS) is 13.2. The summed E-state index contributed by atoms with van der Waals surface area (Å²) in [6, 6.07) is 18.7. The van der Waals surface area contributed by atoms with E-state index in [9.17, 15) is 27.9 Å². The summed E-state index contributed by atoms with van der Waals surface area (Å²) in [6.45, 7) is -0.0267. The van der Waals surface area contributed by atoms with Gasteiger partial charge in [-0.1, -0.05) is 48.5 Å². The van der Waals surface area contributed by atoms with Crippen LogP contribution in [-0.2, 0) is 24.0 Å². The van der Waals surface area contributed by atoms with E-state index in [0.717, 1.165) is 17.5 Å². The molecule has 1 aliphatic heterocycles. The Morgan fingerprint density at radius 2 is 1.64 bits per heavy atom. The van der Waals surface area contributed by atoms with Crippen molar-refractivity contribution in [1.82, 2.24) is 5.32 Å². The highest BCUT2D eigenvalue weighted by Gasteiger charge is 2.30. The molecule has 0 saturated heterocycles. The second-order valence-electron chi connectivity index (χ2n) is 8.90. The smallest absolute Gasteiger partial charge is 0.416 e. The average molecular weight is 537 g/mol. The van der Waals surface area contributed by atoms with Crippen LogP contribution in [0.5, 0.6) is 17.2 Å². The SMILES string of the molecule is O=C(NC(Cc1ccc2c(c1)OCO2)C(=O)O)c1ccc2ccccc2c1OCc1ccc(C(F)(F)F)cc1. The van der Waals surface area contributed by atoms with E-state index in [1.165, 1.54) is 18.2 Å². The van der Waals surface area contributed by atoms with Gasteiger partial charge in [-0.3, -0.25) is 4.79 Å². The highest BCUT2D eigenvalue weighted by atomic mass is 19.4. The number of alkyl halides is 3. The maximum absolute atomic E-state index is 13.3. The van der Waals surface area contributed by atoms with Crippen LogP contribution < -0.4 is 19.5 Å². The molecule has 5 rings (SSSR count). The van der Waals surface area contributed by atoms with Crippen molar-refractivity contribution in [2.24, 2.45) is 0 Å². The fourth-order valence-corrected chi connectivity index (χ4v) is 4.26. The van der Waals surface area contributed by atoms with Crippen LogP contribution in [0.4, 0.5) is 13.2 Å². The van der Waals surface area contributed by atoms with E-state index >= 15 is 0 Å². The van der Waals surface area contributed by atoms with E-state index in [0.29, 0.717) is 28.0 Å². The molecule has 1 heterocycles. The molecule has 200 valence electrons. The average Bonchev–Trinajstić information content (AvgIpc) is 3.39. The first kappa shape index (κ1) is 25.9. The van der Waals surface area contributed by atoms with Gasteiger partial charge in [0.05, 0.1) is 11.1 Å². The van der Waals surface area contributed by atoms with Crippen LogP contribution in [0.25, 0.3) is 10.8 Å². The van der Waals surface area contributed by atoms with Crippen molar-refractivity contribution in [2.45, 2.75) is 25.2 Å². The third-order valence-corrected chi connectivity index (χ3v) is 6.27. The maximum Gasteiger partial charge on any atom is 0.416 e. The summed E-state index contributed by atoms with van der Waals surface area (Å²) in [6.07, 6.45) is -4.46. The van der Waals surface area contributed by atoms with Crippen molar-refractivity contribution >= 4 is 22.6 Å². The minimum absolute atomic E-state index is 0.00691. The summed E-state index contributed by atoms with van der Waals surface area (Å²) in [5.74, 6) is -0.653. The standard InChI is InChI=1S/C29H22F3NO6/c30-29(31,32)20-9-5-17(6-10-20)15-37-26-21-4-2-1-3-19(21)8-11-22(26)27(34)33-23(28(35)36)13-18-7-12-24-25(14-18)39-16-38-24/h1-12,14,23H,13,15-16H2,(H,33,34)(H,35,36). The van der Waals surface area contributed by atoms with E-state index in [-0.39, 0.29) is 31.1 Å². The number of carbonyl (C=O) groups excluding carboxylic acids is 1. The third-order valence-electron chi connectivity index (χ3n) is 6.27. The number of hydrogen-bond donors (Lipinski definition) is 2. The molecule has 39 heavy (non-hydrogen) atoms. The molecule has 10 heteroatoms. The highest BCUT2D eigenvalue weighted by Crippen LogP contribution is 2.34. The summed E-state index contributed by atoms with van der Waals surface area (Å²) >= 11 is 0. The monoisotopic (exact) mass is 537 g/mol. The summed E-state index contributed by atoms with van der Waals surface area (Å²) in [4.78, 5) is 25.4. The Bertz CT molecular complexity index is 1530. The first-order chi connectivity index (χ1) is 18.7. The quantitative estimate of drug-likeness (QED) is 0.304. The number of benzene rings is 4. The molecule has 0 fully saturated rings. The Balaban J connectivity index is 1.39. The lowest BCUT2D eigenvalue weighted by Gasteiger charge is -2.18. The van der Waals surface area contributed by atoms with Crippen LogP contribution in [-0.4, -0.2) is 29.8 Å². The Labute approximate surface area is 220 Å². The van der Waals surface area contributed by atoms with E-state index in [1.54, 1.807) is 36.4 Å². The topological polar surface area (TPSA) is 94.1 Å². The van der Waals surface area contributed by atoms with Crippen molar-refractivity contribution in [3.05, 3.63) is 101 Å². The van der Waals surface area contributed by atoms with Gasteiger partial charge in [-0.2, -0.15) is 13.2 Å². The molecule has 1 unspecified atom stereocenters. The lowest BCUT2D eigenvalue weighted by Crippen LogP contribution is -2.42. The molecule has 1 aliphatic rings. The van der Waals surface area contributed by atoms with Gasteiger partial charge in [0, 0.05) is 11.8 Å². The number of fused-ring (bicyclic) bond motifs is 2. The molecule has 7 nitrogen and oxygen atoms in total. The second kappa shape index (κ2) is 10.6. The first-order valence-electron chi connectivity index (χ1n) is 11.9. The number of carboxylic acids is 1. The molecule has 2 N–H and O–H groups in total. The number of hydrogen-bond acceptors (Lipinski definition) is 5. The molecule has 0 aliphatic carbocycles. The van der Waals surface area contributed by atoms with Crippen molar-refractivity contribution in [3.8, 4) is 17.2 Å². The number of aliphatic carboxylic acids is 1. The molecule has 1 atom stereocenters. The van der Waals surface area contributed by atoms with Gasteiger partial charge in [0.15, 0.2) is 11.5 Å². The van der Waals surface area contributed by atoms with Crippen LogP contribution in [0.1, 0.15) is 27.0 Å². The maximum atomic E-state index is 13.3. The number of carboxylic acid groups (broad SMARTS) is 1. The molecule has 1 amide bonds. The van der Waals surface area contributed by atoms with Gasteiger partial charge < -0.3 is 24.6 Å². The molecule has 0 spiro atoms. The fraction of sp³-hybridized carbons (Fsp3) is 0.172. The second-order valence-corrected chi connectivity index (χ2v) is 8.90. The number of carbonyl (C=O) groups is 2. The molecule has 4 aromatic carbocycles. The Morgan fingerprint density at radius 1 is 0.923 bits per heavy atom. The van der Waals surface area contributed by atoms with Crippen molar-refractivity contribution in [1.29, 1.82) is 0 Å². The molecule has 0 bridgehead atoms. The van der Waals surface area contributed by atoms with Crippen LogP contribution in [0.2, 0.25) is 0 Å². The number of rotatable bonds is 8. The minimum Gasteiger partial charge on any atom is -0.487 e. The molecule has 0 radical (unpaired) electrons. The number of amides is 1. The first-order valence-corrected chi connectivity index (χ1v) is 11.9. The summed E-state index contributed by atoms with van der Waals surface area (Å²) in [5.41, 5.74) is 0.411. The van der Waals surface area contributed by atoms with Gasteiger partial charge in [-0.05, 0) is 46.8 Å². The highest BCUT2D eigenvalue weighted by molar-refractivity contribution is 6.04. The third kappa shape index (κ3) is 5.74. The number of ether oxygens (including phenoxy) is 3. The zero-order chi connectivity index (χ0) is 27.6. The number of halogens is 3. The lowest BCUT2D eigenvalue weighted by molar-refractivity contribution is -0.139. The van der Waals surface area contributed by atoms with Crippen molar-refractivity contribution in [3.63, 3.8) is 0 Å². The molecular weight excluding hydrogens is 515 g/mol. The van der Waals surface area contributed by atoms with Crippen LogP contribution in [0.3, 0.4) is 0 Å². The van der Waals surface area contributed by atoms with E-state index in [4.69, 9.17) is 14.2 Å². The van der Waals surface area contributed by atoms with Gasteiger partial charge in [0.2, 0.25) is 6.79 Å². The number of nitrogens with one attached hydrogen (secondary N) is 1. The van der Waals surface area contributed by atoms with E-state index < -0.39 is 29.7 Å². The van der Waals surface area contributed by atoms with Gasteiger partial charge in [0.25, 0.3) is 5.91 Å². The van der Waals surface area contributed by atoms with Crippen molar-refractivity contribution in [2.75, 3.05) is 6.79 Å². The summed E-state index contributed by atoms with van der Waals surface area (Å²) < 4.78 is 55.3.